The van der Waals surface area contributed by atoms with Crippen molar-refractivity contribution in [1.29, 1.82) is 0 Å². The second-order valence-corrected chi connectivity index (χ2v) is 4.50. The Morgan fingerprint density at radius 2 is 2.16 bits per heavy atom. The average Bonchev–Trinajstić information content (AvgIpc) is 2.38. The molecule has 19 heavy (non-hydrogen) atoms. The first-order valence-corrected chi connectivity index (χ1v) is 6.27. The van der Waals surface area contributed by atoms with E-state index in [0.717, 1.165) is 0 Å². The highest BCUT2D eigenvalue weighted by atomic mass is 16.5. The summed E-state index contributed by atoms with van der Waals surface area (Å²) in [5.41, 5.74) is 1.63. The minimum absolute atomic E-state index is 0.0344. The van der Waals surface area contributed by atoms with Crippen LogP contribution in [-0.4, -0.2) is 23.7 Å². The van der Waals surface area contributed by atoms with E-state index in [2.05, 4.69) is 4.99 Å². The smallest absolute Gasteiger partial charge is 0.168 e. The highest BCUT2D eigenvalue weighted by Crippen LogP contribution is 2.24. The van der Waals surface area contributed by atoms with Crippen LogP contribution in [0.4, 0.5) is 5.69 Å². The van der Waals surface area contributed by atoms with Gasteiger partial charge in [0.25, 0.3) is 0 Å². The zero-order chi connectivity index (χ0) is 13.8. The Morgan fingerprint density at radius 1 is 1.37 bits per heavy atom. The summed E-state index contributed by atoms with van der Waals surface area (Å²) in [5, 5.41) is 9.84. The summed E-state index contributed by atoms with van der Waals surface area (Å²) in [6, 6.07) is 7.28. The van der Waals surface area contributed by atoms with Gasteiger partial charge < -0.3 is 9.84 Å². The first-order valence-electron chi connectivity index (χ1n) is 6.27. The van der Waals surface area contributed by atoms with Crippen LogP contribution in [0, 0.1) is 0 Å². The molecule has 0 radical (unpaired) electrons. The van der Waals surface area contributed by atoms with E-state index in [1.165, 1.54) is 0 Å². The molecule has 0 spiro atoms. The molecule has 0 unspecified atom stereocenters. The minimum atomic E-state index is -0.0344. The Labute approximate surface area is 112 Å². The van der Waals surface area contributed by atoms with E-state index in [9.17, 15) is 9.90 Å². The lowest BCUT2D eigenvalue weighted by molar-refractivity contribution is -0.115. The van der Waals surface area contributed by atoms with Crippen molar-refractivity contribution < 1.29 is 14.6 Å². The second kappa shape index (κ2) is 5.69. The van der Waals surface area contributed by atoms with Crippen LogP contribution in [0.3, 0.4) is 0 Å². The molecule has 100 valence electrons. The fraction of sp³-hybridized carbons (Fsp3) is 0.333. The van der Waals surface area contributed by atoms with Crippen LogP contribution < -0.4 is 4.74 Å². The molecule has 1 aromatic carbocycles. The Bertz CT molecular complexity index is 558. The van der Waals surface area contributed by atoms with Crippen LogP contribution >= 0.6 is 0 Å². The maximum Gasteiger partial charge on any atom is 0.168 e. The summed E-state index contributed by atoms with van der Waals surface area (Å²) in [4.78, 5) is 16.2. The number of ether oxygens (including phenoxy) is 1. The van der Waals surface area contributed by atoms with Gasteiger partial charge in [0.15, 0.2) is 5.78 Å². The molecule has 0 aromatic heterocycles. The highest BCUT2D eigenvalue weighted by Gasteiger charge is 2.22. The standard InChI is InChI=1S/C15H17NO3/c1-10(15-13(17)7-4-8-14(15)18)16-11-5-3-6-12(9-11)19-2/h3,5-6,9,17H,4,7-8H2,1-2H3. The number of Topliss-reactive ketones (excluding diaryl/α,β-unsaturated/α-hetero) is 1. The molecule has 0 atom stereocenters. The molecule has 1 N–H and O–H groups in total. The van der Waals surface area contributed by atoms with Crippen molar-refractivity contribution in [3.63, 3.8) is 0 Å². The molecule has 2 rings (SSSR count). The third-order valence-corrected chi connectivity index (χ3v) is 3.10. The molecule has 0 saturated heterocycles. The number of aliphatic imine (C=N–C) groups is 1. The van der Waals surface area contributed by atoms with Crippen molar-refractivity contribution in [2.75, 3.05) is 7.11 Å². The molecule has 0 fully saturated rings. The average molecular weight is 259 g/mol. The number of benzene rings is 1. The molecular weight excluding hydrogens is 242 g/mol. The number of hydrogen-bond acceptors (Lipinski definition) is 4. The highest BCUT2D eigenvalue weighted by molar-refractivity contribution is 6.22. The molecule has 4 heteroatoms. The Balaban J connectivity index is 2.34. The van der Waals surface area contributed by atoms with Crippen LogP contribution in [0.15, 0.2) is 40.6 Å². The maximum absolute atomic E-state index is 11.8. The van der Waals surface area contributed by atoms with Gasteiger partial charge >= 0.3 is 0 Å². The fourth-order valence-electron chi connectivity index (χ4n) is 2.17. The van der Waals surface area contributed by atoms with Crippen molar-refractivity contribution in [2.24, 2.45) is 4.99 Å². The van der Waals surface area contributed by atoms with Crippen LogP contribution in [0.5, 0.6) is 5.75 Å². The summed E-state index contributed by atoms with van der Waals surface area (Å²) >= 11 is 0. The van der Waals surface area contributed by atoms with E-state index in [0.29, 0.717) is 42.0 Å². The first kappa shape index (κ1) is 13.3. The predicted molar refractivity (Wildman–Crippen MR) is 74.3 cm³/mol. The van der Waals surface area contributed by atoms with Gasteiger partial charge in [-0.3, -0.25) is 9.79 Å². The number of aliphatic hydroxyl groups excluding tert-OH is 1. The number of nitrogens with zero attached hydrogens (tertiary/aromatic N) is 1. The maximum atomic E-state index is 11.8. The third kappa shape index (κ3) is 3.02. The number of allylic oxidation sites excluding steroid dienone is 2. The summed E-state index contributed by atoms with van der Waals surface area (Å²) < 4.78 is 5.13. The number of ketones is 1. The number of methoxy groups -OCH3 is 1. The van der Waals surface area contributed by atoms with Crippen molar-refractivity contribution in [1.82, 2.24) is 0 Å². The zero-order valence-corrected chi connectivity index (χ0v) is 11.1. The van der Waals surface area contributed by atoms with Gasteiger partial charge in [0, 0.05) is 18.9 Å². The van der Waals surface area contributed by atoms with E-state index < -0.39 is 0 Å². The molecule has 1 aromatic rings. The molecule has 0 amide bonds. The quantitative estimate of drug-likeness (QED) is 0.847. The Hall–Kier alpha value is -2.10. The van der Waals surface area contributed by atoms with Gasteiger partial charge in [-0.15, -0.1) is 0 Å². The van der Waals surface area contributed by atoms with Gasteiger partial charge in [-0.1, -0.05) is 6.07 Å². The number of carbonyl (C=O) groups is 1. The molecule has 4 nitrogen and oxygen atoms in total. The topological polar surface area (TPSA) is 58.9 Å². The van der Waals surface area contributed by atoms with E-state index in [-0.39, 0.29) is 11.5 Å². The van der Waals surface area contributed by atoms with Gasteiger partial charge in [-0.2, -0.15) is 0 Å². The minimum Gasteiger partial charge on any atom is -0.511 e. The first-order chi connectivity index (χ1) is 9.11. The lowest BCUT2D eigenvalue weighted by Crippen LogP contribution is -2.17. The largest absolute Gasteiger partial charge is 0.511 e. The van der Waals surface area contributed by atoms with E-state index >= 15 is 0 Å². The number of hydrogen-bond donors (Lipinski definition) is 1. The van der Waals surface area contributed by atoms with Crippen molar-refractivity contribution in [3.8, 4) is 5.75 Å². The van der Waals surface area contributed by atoms with Gasteiger partial charge in [-0.25, -0.2) is 0 Å². The van der Waals surface area contributed by atoms with Crippen molar-refractivity contribution in [2.45, 2.75) is 26.2 Å². The number of carbonyl (C=O) groups excluding carboxylic acids is 1. The summed E-state index contributed by atoms with van der Waals surface area (Å²) in [6.07, 6.45) is 1.73. The lowest BCUT2D eigenvalue weighted by Gasteiger charge is -2.14. The number of aliphatic hydroxyl groups is 1. The van der Waals surface area contributed by atoms with E-state index in [1.807, 2.05) is 18.2 Å². The Kier molecular flexibility index (Phi) is 4.00. The lowest BCUT2D eigenvalue weighted by atomic mass is 9.93. The summed E-state index contributed by atoms with van der Waals surface area (Å²) in [6.45, 7) is 1.74. The molecule has 0 saturated carbocycles. The molecule has 1 aliphatic rings. The molecule has 0 bridgehead atoms. The van der Waals surface area contributed by atoms with E-state index in [4.69, 9.17) is 4.74 Å². The normalized spacial score (nSPS) is 16.7. The van der Waals surface area contributed by atoms with Crippen LogP contribution in [0.1, 0.15) is 26.2 Å². The molecule has 1 aliphatic carbocycles. The SMILES string of the molecule is COc1cccc(N=C(C)C2=C(O)CCCC2=O)c1. The number of rotatable bonds is 3. The fourth-order valence-corrected chi connectivity index (χ4v) is 2.17. The summed E-state index contributed by atoms with van der Waals surface area (Å²) in [5.74, 6) is 0.829. The van der Waals surface area contributed by atoms with Gasteiger partial charge in [0.2, 0.25) is 0 Å². The zero-order valence-electron chi connectivity index (χ0n) is 11.1. The predicted octanol–water partition coefficient (Wildman–Crippen LogP) is 3.35. The second-order valence-electron chi connectivity index (χ2n) is 4.50. The van der Waals surface area contributed by atoms with Crippen molar-refractivity contribution in [3.05, 3.63) is 35.6 Å². The monoisotopic (exact) mass is 259 g/mol. The van der Waals surface area contributed by atoms with Crippen molar-refractivity contribution >= 4 is 17.2 Å². The Morgan fingerprint density at radius 3 is 2.84 bits per heavy atom. The molecule has 0 heterocycles. The van der Waals surface area contributed by atoms with Gasteiger partial charge in [0.05, 0.1) is 24.1 Å². The van der Waals surface area contributed by atoms with Crippen LogP contribution in [0.2, 0.25) is 0 Å². The van der Waals surface area contributed by atoms with E-state index in [1.54, 1.807) is 20.1 Å². The molecular formula is C15H17NO3. The van der Waals surface area contributed by atoms with Crippen LogP contribution in [0.25, 0.3) is 0 Å². The van der Waals surface area contributed by atoms with Crippen LogP contribution in [-0.2, 0) is 4.79 Å². The molecule has 0 aliphatic heterocycles. The third-order valence-electron chi connectivity index (χ3n) is 3.10. The van der Waals surface area contributed by atoms with Gasteiger partial charge in [0.1, 0.15) is 11.5 Å². The summed E-state index contributed by atoms with van der Waals surface area (Å²) in [7, 11) is 1.59. The van der Waals surface area contributed by atoms with Gasteiger partial charge in [-0.05, 0) is 25.5 Å².